The second-order valence-corrected chi connectivity index (χ2v) is 9.35. The zero-order valence-electron chi connectivity index (χ0n) is 14.3. The van der Waals surface area contributed by atoms with E-state index in [0.29, 0.717) is 39.7 Å². The van der Waals surface area contributed by atoms with Crippen LogP contribution in [0, 0.1) is 0 Å². The Hall–Kier alpha value is -2.00. The molecule has 0 fully saturated rings. The molecule has 10 heteroatoms. The maximum absolute atomic E-state index is 12.6. The molecule has 1 aliphatic rings. The Morgan fingerprint density at radius 1 is 1.18 bits per heavy atom. The maximum Gasteiger partial charge on any atom is 0.263 e. The number of aromatic nitrogens is 1. The highest BCUT2D eigenvalue weighted by Gasteiger charge is 2.26. The van der Waals surface area contributed by atoms with Crippen molar-refractivity contribution in [2.75, 3.05) is 11.3 Å². The predicted octanol–water partition coefficient (Wildman–Crippen LogP) is 5.15. The lowest BCUT2D eigenvalue weighted by molar-refractivity contribution is 0.136. The third-order valence-electron chi connectivity index (χ3n) is 4.10. The van der Waals surface area contributed by atoms with Gasteiger partial charge in [0.25, 0.3) is 10.0 Å². The lowest BCUT2D eigenvalue weighted by Gasteiger charge is -2.27. The van der Waals surface area contributed by atoms with Crippen LogP contribution < -0.4 is 14.2 Å². The largest absolute Gasteiger partial charge is 0.493 e. The van der Waals surface area contributed by atoms with Crippen molar-refractivity contribution in [3.63, 3.8) is 0 Å². The first kappa shape index (κ1) is 19.3. The van der Waals surface area contributed by atoms with Crippen LogP contribution >= 0.6 is 34.5 Å². The van der Waals surface area contributed by atoms with Crippen LogP contribution in [0.2, 0.25) is 10.0 Å². The van der Waals surface area contributed by atoms with Gasteiger partial charge in [-0.1, -0.05) is 29.3 Å². The van der Waals surface area contributed by atoms with Gasteiger partial charge in [-0.3, -0.25) is 4.72 Å². The number of rotatable bonds is 5. The van der Waals surface area contributed by atoms with E-state index in [1.54, 1.807) is 29.6 Å². The Morgan fingerprint density at radius 3 is 2.79 bits per heavy atom. The first-order valence-electron chi connectivity index (χ1n) is 8.23. The number of nitrogens with one attached hydrogen (secondary N) is 1. The molecule has 0 amide bonds. The molecule has 0 radical (unpaired) electrons. The molecule has 1 unspecified atom stereocenters. The molecule has 0 saturated carbocycles. The first-order chi connectivity index (χ1) is 13.4. The van der Waals surface area contributed by atoms with Gasteiger partial charge in [-0.2, -0.15) is 0 Å². The summed E-state index contributed by atoms with van der Waals surface area (Å²) >= 11 is 13.2. The van der Waals surface area contributed by atoms with E-state index in [1.165, 1.54) is 29.7 Å². The minimum atomic E-state index is -3.76. The van der Waals surface area contributed by atoms with Crippen molar-refractivity contribution in [2.24, 2.45) is 0 Å². The summed E-state index contributed by atoms with van der Waals surface area (Å²) in [5.74, 6) is 1.05. The molecule has 2 aromatic carbocycles. The second kappa shape index (κ2) is 7.79. The van der Waals surface area contributed by atoms with Gasteiger partial charge in [0, 0.05) is 35.7 Å². The van der Waals surface area contributed by atoms with E-state index in [1.807, 2.05) is 0 Å². The van der Waals surface area contributed by atoms with Gasteiger partial charge in [0.2, 0.25) is 0 Å². The Morgan fingerprint density at radius 2 is 2.04 bits per heavy atom. The summed E-state index contributed by atoms with van der Waals surface area (Å²) in [5.41, 5.74) is 0.769. The van der Waals surface area contributed by atoms with Gasteiger partial charge in [0.15, 0.2) is 5.13 Å². The molecule has 1 aliphatic heterocycles. The van der Waals surface area contributed by atoms with E-state index < -0.39 is 10.0 Å². The second-order valence-electron chi connectivity index (χ2n) is 5.96. The van der Waals surface area contributed by atoms with E-state index in [4.69, 9.17) is 32.7 Å². The fourth-order valence-electron chi connectivity index (χ4n) is 2.79. The molecular formula is C18H14Cl2N2O4S2. The van der Waals surface area contributed by atoms with Crippen molar-refractivity contribution in [3.05, 3.63) is 63.6 Å². The molecule has 1 aromatic heterocycles. The van der Waals surface area contributed by atoms with Gasteiger partial charge in [-0.15, -0.1) is 11.3 Å². The summed E-state index contributed by atoms with van der Waals surface area (Å²) in [4.78, 5) is 4.04. The fourth-order valence-corrected chi connectivity index (χ4v) is 4.88. The normalized spacial score (nSPS) is 16.1. The van der Waals surface area contributed by atoms with Crippen LogP contribution in [-0.2, 0) is 10.0 Å². The molecule has 4 rings (SSSR count). The van der Waals surface area contributed by atoms with Crippen LogP contribution in [0.15, 0.2) is 52.9 Å². The number of hydrogen-bond donors (Lipinski definition) is 1. The number of hydrogen-bond acceptors (Lipinski definition) is 6. The van der Waals surface area contributed by atoms with Crippen molar-refractivity contribution < 1.29 is 17.9 Å². The van der Waals surface area contributed by atoms with Crippen LogP contribution in [0.25, 0.3) is 0 Å². The van der Waals surface area contributed by atoms with Crippen LogP contribution in [0.3, 0.4) is 0 Å². The number of halogens is 2. The predicted molar refractivity (Wildman–Crippen MR) is 109 cm³/mol. The van der Waals surface area contributed by atoms with Crippen molar-refractivity contribution in [2.45, 2.75) is 17.4 Å². The molecule has 0 bridgehead atoms. The molecule has 28 heavy (non-hydrogen) atoms. The fraction of sp³-hybridized carbons (Fsp3) is 0.167. The monoisotopic (exact) mass is 456 g/mol. The third-order valence-corrected chi connectivity index (χ3v) is 7.00. The number of sulfonamides is 1. The number of ether oxygens (including phenoxy) is 2. The highest BCUT2D eigenvalue weighted by molar-refractivity contribution is 7.93. The Labute approximate surface area is 176 Å². The van der Waals surface area contributed by atoms with E-state index in [9.17, 15) is 8.42 Å². The molecule has 6 nitrogen and oxygen atoms in total. The van der Waals surface area contributed by atoms with Gasteiger partial charge in [-0.05, 0) is 18.2 Å². The van der Waals surface area contributed by atoms with E-state index in [0.717, 1.165) is 5.56 Å². The summed E-state index contributed by atoms with van der Waals surface area (Å²) in [7, 11) is -3.76. The van der Waals surface area contributed by atoms with Gasteiger partial charge in [0.05, 0.1) is 21.5 Å². The third kappa shape index (κ3) is 4.05. The Balaban J connectivity index is 1.59. The maximum atomic E-state index is 12.6. The molecule has 3 aromatic rings. The van der Waals surface area contributed by atoms with Crippen molar-refractivity contribution in [3.8, 4) is 11.5 Å². The smallest absolute Gasteiger partial charge is 0.263 e. The van der Waals surface area contributed by atoms with Gasteiger partial charge in [-0.25, -0.2) is 13.4 Å². The zero-order valence-corrected chi connectivity index (χ0v) is 17.4. The summed E-state index contributed by atoms with van der Waals surface area (Å²) in [6, 6.07) is 9.77. The van der Waals surface area contributed by atoms with Crippen LogP contribution in [0.5, 0.6) is 11.5 Å². The molecule has 2 heterocycles. The summed E-state index contributed by atoms with van der Waals surface area (Å²) in [6.07, 6.45) is 1.87. The van der Waals surface area contributed by atoms with Crippen molar-refractivity contribution in [1.29, 1.82) is 0 Å². The van der Waals surface area contributed by atoms with E-state index in [-0.39, 0.29) is 11.0 Å². The number of anilines is 1. The summed E-state index contributed by atoms with van der Waals surface area (Å²) in [5, 5.41) is 2.85. The molecular weight excluding hydrogens is 443 g/mol. The van der Waals surface area contributed by atoms with Gasteiger partial charge in [0.1, 0.15) is 17.6 Å². The summed E-state index contributed by atoms with van der Waals surface area (Å²) in [6.45, 7) is 0.405. The molecule has 0 spiro atoms. The molecule has 1 N–H and O–H groups in total. The van der Waals surface area contributed by atoms with Gasteiger partial charge >= 0.3 is 0 Å². The topological polar surface area (TPSA) is 77.5 Å². The molecule has 0 aliphatic carbocycles. The van der Waals surface area contributed by atoms with Crippen LogP contribution in [0.1, 0.15) is 18.1 Å². The highest BCUT2D eigenvalue weighted by Crippen LogP contribution is 2.38. The van der Waals surface area contributed by atoms with Crippen LogP contribution in [0.4, 0.5) is 5.13 Å². The Bertz CT molecular complexity index is 1100. The van der Waals surface area contributed by atoms with Crippen LogP contribution in [-0.4, -0.2) is 20.0 Å². The standard InChI is InChI=1S/C18H14Cl2N2O4S2/c19-14-4-1-11(9-15(14)20)26-16-5-7-25-17-10-12(2-3-13(16)17)28(23,24)22-18-21-6-8-27-18/h1-4,6,8-10,16H,5,7H2,(H,21,22). The van der Waals surface area contributed by atoms with E-state index in [2.05, 4.69) is 9.71 Å². The lowest BCUT2D eigenvalue weighted by Crippen LogP contribution is -2.20. The highest BCUT2D eigenvalue weighted by atomic mass is 35.5. The average Bonchev–Trinajstić information content (AvgIpc) is 3.17. The number of fused-ring (bicyclic) bond motifs is 1. The zero-order chi connectivity index (χ0) is 19.7. The summed E-state index contributed by atoms with van der Waals surface area (Å²) < 4.78 is 39.3. The molecule has 146 valence electrons. The van der Waals surface area contributed by atoms with Gasteiger partial charge < -0.3 is 9.47 Å². The number of benzene rings is 2. The minimum Gasteiger partial charge on any atom is -0.493 e. The van der Waals surface area contributed by atoms with E-state index >= 15 is 0 Å². The minimum absolute atomic E-state index is 0.0941. The van der Waals surface area contributed by atoms with Crippen molar-refractivity contribution in [1.82, 2.24) is 4.98 Å². The lowest BCUT2D eigenvalue weighted by atomic mass is 10.0. The average molecular weight is 457 g/mol. The quantitative estimate of drug-likeness (QED) is 0.573. The van der Waals surface area contributed by atoms with Crippen molar-refractivity contribution >= 4 is 49.7 Å². The SMILES string of the molecule is O=S(=O)(Nc1nccs1)c1ccc2c(c1)OCCC2Oc1ccc(Cl)c(Cl)c1. The molecule has 0 saturated heterocycles. The number of thiazole rings is 1. The molecule has 1 atom stereocenters. The number of nitrogens with zero attached hydrogens (tertiary/aromatic N) is 1. The first-order valence-corrected chi connectivity index (χ1v) is 11.3. The Kier molecular flexibility index (Phi) is 5.37.